The number of amides is 1. The highest BCUT2D eigenvalue weighted by atomic mass is 16.3. The molecule has 162 valence electrons. The van der Waals surface area contributed by atoms with Crippen molar-refractivity contribution in [2.24, 2.45) is 0 Å². The van der Waals surface area contributed by atoms with Crippen LogP contribution >= 0.6 is 0 Å². The zero-order valence-corrected chi connectivity index (χ0v) is 17.6. The largest absolute Gasteiger partial charge is 0.508 e. The number of phenolic OH excluding ortho intramolecular Hbond substituents is 1. The molecule has 33 heavy (non-hydrogen) atoms. The van der Waals surface area contributed by atoms with E-state index in [1.807, 2.05) is 36.4 Å². The fraction of sp³-hybridized carbons (Fsp3) is 0.0741. The van der Waals surface area contributed by atoms with Crippen molar-refractivity contribution in [3.63, 3.8) is 0 Å². The van der Waals surface area contributed by atoms with Crippen molar-refractivity contribution in [2.75, 3.05) is 0 Å². The number of hydrogen-bond acceptors (Lipinski definition) is 5. The molecule has 3 aromatic carbocycles. The minimum absolute atomic E-state index is 0.0184. The summed E-state index contributed by atoms with van der Waals surface area (Å²) in [5, 5.41) is 22.9. The van der Waals surface area contributed by atoms with Gasteiger partial charge in [-0.1, -0.05) is 54.6 Å². The van der Waals surface area contributed by atoms with Crippen LogP contribution in [0.3, 0.4) is 0 Å². The van der Waals surface area contributed by atoms with Crippen LogP contribution in [-0.4, -0.2) is 31.8 Å². The van der Waals surface area contributed by atoms with Crippen molar-refractivity contribution in [2.45, 2.75) is 12.6 Å². The summed E-state index contributed by atoms with van der Waals surface area (Å²) in [4.78, 5) is 31.8. The number of aromatic hydroxyl groups is 1. The van der Waals surface area contributed by atoms with E-state index in [1.54, 1.807) is 42.7 Å². The molecular formula is C27H20N2O4. The summed E-state index contributed by atoms with van der Waals surface area (Å²) >= 11 is 0. The third-order valence-corrected chi connectivity index (χ3v) is 5.85. The third kappa shape index (κ3) is 3.72. The molecule has 4 aromatic rings. The molecule has 1 aliphatic rings. The van der Waals surface area contributed by atoms with Crippen molar-refractivity contribution in [3.05, 3.63) is 114 Å². The second-order valence-corrected chi connectivity index (χ2v) is 7.94. The van der Waals surface area contributed by atoms with Crippen LogP contribution in [0.4, 0.5) is 0 Å². The van der Waals surface area contributed by atoms with Gasteiger partial charge in [0.25, 0.3) is 11.7 Å². The van der Waals surface area contributed by atoms with E-state index in [2.05, 4.69) is 4.98 Å². The highest BCUT2D eigenvalue weighted by Crippen LogP contribution is 2.40. The molecule has 1 amide bonds. The summed E-state index contributed by atoms with van der Waals surface area (Å²) in [6.07, 6.45) is 3.27. The number of nitrogens with zero attached hydrogens (tertiary/aromatic N) is 2. The molecule has 0 aliphatic carbocycles. The smallest absolute Gasteiger partial charge is 0.295 e. The van der Waals surface area contributed by atoms with Gasteiger partial charge in [0.15, 0.2) is 0 Å². The van der Waals surface area contributed by atoms with Gasteiger partial charge >= 0.3 is 0 Å². The van der Waals surface area contributed by atoms with Crippen LogP contribution in [0.25, 0.3) is 16.5 Å². The lowest BCUT2D eigenvalue weighted by Gasteiger charge is -2.25. The molecule has 2 N–H and O–H groups in total. The predicted octanol–water partition coefficient (Wildman–Crippen LogP) is 4.56. The van der Waals surface area contributed by atoms with Gasteiger partial charge in [0.1, 0.15) is 11.5 Å². The van der Waals surface area contributed by atoms with Crippen LogP contribution in [0, 0.1) is 0 Å². The molecule has 1 aliphatic heterocycles. The number of aromatic nitrogens is 1. The maximum atomic E-state index is 13.2. The molecule has 0 saturated carbocycles. The van der Waals surface area contributed by atoms with Gasteiger partial charge < -0.3 is 15.1 Å². The highest BCUT2D eigenvalue weighted by molar-refractivity contribution is 6.46. The molecule has 0 spiro atoms. The molecule has 1 saturated heterocycles. The van der Waals surface area contributed by atoms with E-state index in [0.29, 0.717) is 11.1 Å². The standard InChI is InChI=1S/C27H20N2O4/c30-22-11-9-19(10-12-22)24-23(25(31)21-8-7-18-5-1-2-6-20(18)14-21)26(32)27(33)29(24)16-17-4-3-13-28-15-17/h1-15,24,30-31H,16H2/b25-23-. The van der Waals surface area contributed by atoms with Gasteiger partial charge in [-0.05, 0) is 46.2 Å². The molecule has 1 atom stereocenters. The number of phenols is 1. The first-order valence-electron chi connectivity index (χ1n) is 10.5. The lowest BCUT2D eigenvalue weighted by molar-refractivity contribution is -0.140. The van der Waals surface area contributed by atoms with Crippen molar-refractivity contribution in [3.8, 4) is 5.75 Å². The van der Waals surface area contributed by atoms with Crippen molar-refractivity contribution in [1.82, 2.24) is 9.88 Å². The SMILES string of the molecule is O=C1C(=O)N(Cc2cccnc2)C(c2ccc(O)cc2)/C1=C(/O)c1ccc2ccccc2c1. The first kappa shape index (κ1) is 20.5. The van der Waals surface area contributed by atoms with Crippen molar-refractivity contribution < 1.29 is 19.8 Å². The Morgan fingerprint density at radius 2 is 1.67 bits per heavy atom. The fourth-order valence-electron chi connectivity index (χ4n) is 4.23. The molecule has 2 heterocycles. The number of benzene rings is 3. The Morgan fingerprint density at radius 3 is 2.39 bits per heavy atom. The van der Waals surface area contributed by atoms with Crippen LogP contribution in [0.15, 0.2) is 96.8 Å². The first-order valence-corrected chi connectivity index (χ1v) is 10.5. The summed E-state index contributed by atoms with van der Waals surface area (Å²) in [6, 6.07) is 22.2. The average molecular weight is 436 g/mol. The second kappa shape index (κ2) is 8.24. The Labute approximate surface area is 190 Å². The van der Waals surface area contributed by atoms with Crippen LogP contribution in [0.5, 0.6) is 5.75 Å². The Balaban J connectivity index is 1.66. The molecule has 5 rings (SSSR count). The van der Waals surface area contributed by atoms with Crippen LogP contribution in [0.1, 0.15) is 22.7 Å². The maximum Gasteiger partial charge on any atom is 0.295 e. The number of aliphatic hydroxyl groups excluding tert-OH is 1. The zero-order chi connectivity index (χ0) is 22.9. The van der Waals surface area contributed by atoms with Crippen LogP contribution < -0.4 is 0 Å². The normalized spacial score (nSPS) is 17.6. The topological polar surface area (TPSA) is 90.7 Å². The average Bonchev–Trinajstić information content (AvgIpc) is 3.09. The summed E-state index contributed by atoms with van der Waals surface area (Å²) in [5.41, 5.74) is 1.84. The van der Waals surface area contributed by atoms with Gasteiger partial charge in [0.2, 0.25) is 0 Å². The van der Waals surface area contributed by atoms with Crippen LogP contribution in [-0.2, 0) is 16.1 Å². The number of Topliss-reactive ketones (excluding diaryl/α,β-unsaturated/α-hetero) is 1. The van der Waals surface area contributed by atoms with Gasteiger partial charge in [-0.2, -0.15) is 0 Å². The summed E-state index contributed by atoms with van der Waals surface area (Å²) < 4.78 is 0. The quantitative estimate of drug-likeness (QED) is 0.278. The summed E-state index contributed by atoms with van der Waals surface area (Å²) in [6.45, 7) is 0.151. The number of rotatable bonds is 4. The van der Waals surface area contributed by atoms with E-state index in [1.165, 1.54) is 17.0 Å². The summed E-state index contributed by atoms with van der Waals surface area (Å²) in [7, 11) is 0. The number of ketones is 1. The molecule has 6 nitrogen and oxygen atoms in total. The predicted molar refractivity (Wildman–Crippen MR) is 124 cm³/mol. The van der Waals surface area contributed by atoms with Crippen LogP contribution in [0.2, 0.25) is 0 Å². The second-order valence-electron chi connectivity index (χ2n) is 7.94. The summed E-state index contributed by atoms with van der Waals surface area (Å²) in [5.74, 6) is -1.61. The van der Waals surface area contributed by atoms with Gasteiger partial charge in [-0.25, -0.2) is 0 Å². The van der Waals surface area contributed by atoms with E-state index in [0.717, 1.165) is 16.3 Å². The number of hydrogen-bond donors (Lipinski definition) is 2. The molecule has 6 heteroatoms. The number of carbonyl (C=O) groups is 2. The number of pyridine rings is 1. The molecule has 0 radical (unpaired) electrons. The number of carbonyl (C=O) groups excluding carboxylic acids is 2. The Kier molecular flexibility index (Phi) is 5.11. The van der Waals surface area contributed by atoms with E-state index in [-0.39, 0.29) is 23.6 Å². The fourth-order valence-corrected chi connectivity index (χ4v) is 4.23. The minimum Gasteiger partial charge on any atom is -0.508 e. The van der Waals surface area contributed by atoms with Gasteiger partial charge in [0, 0.05) is 24.5 Å². The molecule has 1 fully saturated rings. The maximum absolute atomic E-state index is 13.2. The number of likely N-dealkylation sites (tertiary alicyclic amines) is 1. The number of fused-ring (bicyclic) bond motifs is 1. The Morgan fingerprint density at radius 1 is 0.909 bits per heavy atom. The van der Waals surface area contributed by atoms with Gasteiger partial charge in [0.05, 0.1) is 11.6 Å². The van der Waals surface area contributed by atoms with E-state index >= 15 is 0 Å². The highest BCUT2D eigenvalue weighted by Gasteiger charge is 2.46. The van der Waals surface area contributed by atoms with E-state index < -0.39 is 17.7 Å². The monoisotopic (exact) mass is 436 g/mol. The van der Waals surface area contributed by atoms with E-state index in [4.69, 9.17) is 0 Å². The Hall–Kier alpha value is -4.45. The van der Waals surface area contributed by atoms with Gasteiger partial charge in [-0.3, -0.25) is 14.6 Å². The molecular weight excluding hydrogens is 416 g/mol. The van der Waals surface area contributed by atoms with Crippen molar-refractivity contribution >= 4 is 28.2 Å². The first-order chi connectivity index (χ1) is 16.0. The van der Waals surface area contributed by atoms with E-state index in [9.17, 15) is 19.8 Å². The zero-order valence-electron chi connectivity index (χ0n) is 17.6. The van der Waals surface area contributed by atoms with Gasteiger partial charge in [-0.15, -0.1) is 0 Å². The minimum atomic E-state index is -0.808. The Bertz CT molecular complexity index is 1390. The molecule has 1 aromatic heterocycles. The third-order valence-electron chi connectivity index (χ3n) is 5.85. The lowest BCUT2D eigenvalue weighted by atomic mass is 9.94. The molecule has 1 unspecified atom stereocenters. The lowest BCUT2D eigenvalue weighted by Crippen LogP contribution is -2.29. The van der Waals surface area contributed by atoms with Crippen molar-refractivity contribution in [1.29, 1.82) is 0 Å². The number of aliphatic hydroxyl groups is 1. The molecule has 0 bridgehead atoms.